The molecule has 0 unspecified atom stereocenters. The molecular weight excluding hydrogens is 202 g/mol. The normalized spacial score (nSPS) is 10.8. The average Bonchev–Trinajstić information content (AvgIpc) is 2.55. The van der Waals surface area contributed by atoms with Crippen LogP contribution in [0.1, 0.15) is 22.6 Å². The van der Waals surface area contributed by atoms with E-state index in [9.17, 15) is 5.11 Å². The molecule has 1 aromatic carbocycles. The Morgan fingerprint density at radius 2 is 1.62 bits per heavy atom. The number of hydrogen-bond acceptors (Lipinski definition) is 3. The molecule has 3 heteroatoms. The van der Waals surface area contributed by atoms with Gasteiger partial charge in [0.1, 0.15) is 11.5 Å². The molecule has 2 rings (SSSR count). The average molecular weight is 217 g/mol. The van der Waals surface area contributed by atoms with Gasteiger partial charge >= 0.3 is 0 Å². The van der Waals surface area contributed by atoms with Gasteiger partial charge in [0.2, 0.25) is 5.89 Å². The zero-order valence-corrected chi connectivity index (χ0v) is 9.96. The van der Waals surface area contributed by atoms with Crippen LogP contribution in [0.3, 0.4) is 0 Å². The minimum absolute atomic E-state index is 0.337. The number of nitrogens with zero attached hydrogens (tertiary/aromatic N) is 1. The standard InChI is InChI=1S/C13H15NO2/c1-7-5-11(6-8(2)12(7)15)13-14-9(3)10(4)16-13/h5-6,15H,1-4H3. The topological polar surface area (TPSA) is 46.3 Å². The first-order chi connectivity index (χ1) is 7.49. The van der Waals surface area contributed by atoms with Crippen molar-refractivity contribution in [1.29, 1.82) is 0 Å². The highest BCUT2D eigenvalue weighted by atomic mass is 16.4. The Morgan fingerprint density at radius 3 is 2.06 bits per heavy atom. The van der Waals surface area contributed by atoms with Crippen LogP contribution >= 0.6 is 0 Å². The van der Waals surface area contributed by atoms with Crippen LogP contribution in [-0.2, 0) is 0 Å². The second-order valence-corrected chi connectivity index (χ2v) is 4.12. The van der Waals surface area contributed by atoms with Gasteiger partial charge in [-0.1, -0.05) is 0 Å². The molecule has 84 valence electrons. The summed E-state index contributed by atoms with van der Waals surface area (Å²) < 4.78 is 5.56. The number of phenols is 1. The first kappa shape index (κ1) is 10.7. The highest BCUT2D eigenvalue weighted by Crippen LogP contribution is 2.29. The van der Waals surface area contributed by atoms with Crippen molar-refractivity contribution >= 4 is 0 Å². The van der Waals surface area contributed by atoms with Gasteiger partial charge in [0.05, 0.1) is 5.69 Å². The van der Waals surface area contributed by atoms with Crippen LogP contribution in [0.25, 0.3) is 11.5 Å². The monoisotopic (exact) mass is 217 g/mol. The highest BCUT2D eigenvalue weighted by molar-refractivity contribution is 5.60. The molecule has 3 nitrogen and oxygen atoms in total. The maximum Gasteiger partial charge on any atom is 0.226 e. The number of aromatic hydroxyl groups is 1. The third-order valence-electron chi connectivity index (χ3n) is 2.77. The summed E-state index contributed by atoms with van der Waals surface area (Å²) >= 11 is 0. The first-order valence-electron chi connectivity index (χ1n) is 5.23. The summed E-state index contributed by atoms with van der Waals surface area (Å²) in [5, 5.41) is 9.69. The van der Waals surface area contributed by atoms with E-state index >= 15 is 0 Å². The van der Waals surface area contributed by atoms with Gasteiger partial charge in [-0.25, -0.2) is 4.98 Å². The third-order valence-corrected chi connectivity index (χ3v) is 2.77. The highest BCUT2D eigenvalue weighted by Gasteiger charge is 2.11. The van der Waals surface area contributed by atoms with E-state index in [4.69, 9.17) is 4.42 Å². The molecule has 1 heterocycles. The summed E-state index contributed by atoms with van der Waals surface area (Å²) in [6.07, 6.45) is 0. The Hall–Kier alpha value is -1.77. The van der Waals surface area contributed by atoms with Crippen molar-refractivity contribution in [2.45, 2.75) is 27.7 Å². The fourth-order valence-electron chi connectivity index (χ4n) is 1.68. The molecule has 0 atom stereocenters. The van der Waals surface area contributed by atoms with E-state index in [0.29, 0.717) is 11.6 Å². The smallest absolute Gasteiger partial charge is 0.226 e. The van der Waals surface area contributed by atoms with E-state index in [2.05, 4.69) is 4.98 Å². The molecule has 0 spiro atoms. The van der Waals surface area contributed by atoms with E-state index in [1.807, 2.05) is 39.8 Å². The predicted octanol–water partition coefficient (Wildman–Crippen LogP) is 3.28. The fraction of sp³-hybridized carbons (Fsp3) is 0.308. The van der Waals surface area contributed by atoms with Gasteiger partial charge in [0.15, 0.2) is 0 Å². The lowest BCUT2D eigenvalue weighted by molar-refractivity contribution is 0.467. The van der Waals surface area contributed by atoms with Gasteiger partial charge in [-0.2, -0.15) is 0 Å². The Labute approximate surface area is 94.8 Å². The molecule has 0 aliphatic rings. The van der Waals surface area contributed by atoms with Gasteiger partial charge in [-0.3, -0.25) is 0 Å². The van der Waals surface area contributed by atoms with Crippen LogP contribution in [-0.4, -0.2) is 10.1 Å². The molecule has 0 amide bonds. The lowest BCUT2D eigenvalue weighted by atomic mass is 10.1. The van der Waals surface area contributed by atoms with Crippen LogP contribution in [0, 0.1) is 27.7 Å². The van der Waals surface area contributed by atoms with Gasteiger partial charge in [-0.15, -0.1) is 0 Å². The van der Waals surface area contributed by atoms with E-state index in [1.54, 1.807) is 0 Å². The minimum Gasteiger partial charge on any atom is -0.507 e. The van der Waals surface area contributed by atoms with Crippen molar-refractivity contribution in [2.24, 2.45) is 0 Å². The summed E-state index contributed by atoms with van der Waals surface area (Å²) in [5.41, 5.74) is 3.48. The van der Waals surface area contributed by atoms with Crippen molar-refractivity contribution in [1.82, 2.24) is 4.98 Å². The van der Waals surface area contributed by atoms with Crippen LogP contribution in [0.15, 0.2) is 16.5 Å². The number of benzene rings is 1. The molecule has 1 N–H and O–H groups in total. The molecule has 0 aliphatic heterocycles. The molecule has 0 fully saturated rings. The van der Waals surface area contributed by atoms with Crippen molar-refractivity contribution < 1.29 is 9.52 Å². The van der Waals surface area contributed by atoms with Crippen LogP contribution in [0.2, 0.25) is 0 Å². The summed E-state index contributed by atoms with van der Waals surface area (Å²) in [5.74, 6) is 1.78. The molecule has 1 aromatic heterocycles. The van der Waals surface area contributed by atoms with Gasteiger partial charge in [0, 0.05) is 5.56 Å². The number of oxazole rings is 1. The molecule has 0 saturated carbocycles. The van der Waals surface area contributed by atoms with Crippen molar-refractivity contribution in [3.8, 4) is 17.2 Å². The van der Waals surface area contributed by atoms with Crippen molar-refractivity contribution in [3.63, 3.8) is 0 Å². The Morgan fingerprint density at radius 1 is 1.06 bits per heavy atom. The van der Waals surface area contributed by atoms with Crippen LogP contribution < -0.4 is 0 Å². The zero-order chi connectivity index (χ0) is 11.9. The van der Waals surface area contributed by atoms with Crippen molar-refractivity contribution in [2.75, 3.05) is 0 Å². The molecular formula is C13H15NO2. The summed E-state index contributed by atoms with van der Waals surface area (Å²) in [7, 11) is 0. The minimum atomic E-state index is 0.337. The van der Waals surface area contributed by atoms with E-state index in [1.165, 1.54) is 0 Å². The number of rotatable bonds is 1. The lowest BCUT2D eigenvalue weighted by Gasteiger charge is -2.04. The Balaban J connectivity index is 2.56. The molecule has 0 bridgehead atoms. The number of aromatic nitrogens is 1. The van der Waals surface area contributed by atoms with E-state index < -0.39 is 0 Å². The summed E-state index contributed by atoms with van der Waals surface area (Å²) in [4.78, 5) is 4.34. The van der Waals surface area contributed by atoms with Gasteiger partial charge in [0.25, 0.3) is 0 Å². The molecule has 0 radical (unpaired) electrons. The van der Waals surface area contributed by atoms with Gasteiger partial charge < -0.3 is 9.52 Å². The molecule has 16 heavy (non-hydrogen) atoms. The van der Waals surface area contributed by atoms with Gasteiger partial charge in [-0.05, 0) is 51.0 Å². The molecule has 0 saturated heterocycles. The van der Waals surface area contributed by atoms with Crippen LogP contribution in [0.5, 0.6) is 5.75 Å². The second kappa shape index (κ2) is 3.67. The summed E-state index contributed by atoms with van der Waals surface area (Å²) in [6, 6.07) is 3.76. The van der Waals surface area contributed by atoms with Crippen molar-refractivity contribution in [3.05, 3.63) is 34.7 Å². The van der Waals surface area contributed by atoms with Crippen LogP contribution in [0.4, 0.5) is 0 Å². The maximum atomic E-state index is 9.69. The Bertz CT molecular complexity index is 498. The van der Waals surface area contributed by atoms with E-state index in [0.717, 1.165) is 28.1 Å². The number of aryl methyl sites for hydroxylation is 4. The molecule has 0 aliphatic carbocycles. The zero-order valence-electron chi connectivity index (χ0n) is 9.96. The first-order valence-corrected chi connectivity index (χ1v) is 5.23. The lowest BCUT2D eigenvalue weighted by Crippen LogP contribution is -1.85. The third kappa shape index (κ3) is 1.69. The predicted molar refractivity (Wildman–Crippen MR) is 62.6 cm³/mol. The summed E-state index contributed by atoms with van der Waals surface area (Å²) in [6.45, 7) is 7.55. The maximum absolute atomic E-state index is 9.69. The quantitative estimate of drug-likeness (QED) is 0.797. The Kier molecular flexibility index (Phi) is 2.46. The SMILES string of the molecule is Cc1cc(-c2nc(C)c(C)o2)cc(C)c1O. The molecule has 2 aromatic rings. The fourth-order valence-corrected chi connectivity index (χ4v) is 1.68. The second-order valence-electron chi connectivity index (χ2n) is 4.12. The number of hydrogen-bond donors (Lipinski definition) is 1. The number of phenolic OH excluding ortho intramolecular Hbond substituents is 1. The van der Waals surface area contributed by atoms with E-state index in [-0.39, 0.29) is 0 Å². The largest absolute Gasteiger partial charge is 0.507 e.